The Labute approximate surface area is 192 Å². The number of hydrogen-bond donors (Lipinski definition) is 0. The second kappa shape index (κ2) is 7.92. The number of rotatable bonds is 4. The van der Waals surface area contributed by atoms with Gasteiger partial charge in [0.15, 0.2) is 9.84 Å². The minimum absolute atomic E-state index is 0.234. The van der Waals surface area contributed by atoms with Crippen LogP contribution in [-0.4, -0.2) is 20.8 Å². The molecule has 4 nitrogen and oxygen atoms in total. The van der Waals surface area contributed by atoms with Crippen LogP contribution >= 0.6 is 0 Å². The van der Waals surface area contributed by atoms with E-state index in [1.54, 1.807) is 31.4 Å². The van der Waals surface area contributed by atoms with Crippen molar-refractivity contribution in [3.8, 4) is 11.8 Å². The van der Waals surface area contributed by atoms with E-state index in [1.807, 2.05) is 12.1 Å². The first kappa shape index (κ1) is 22.9. The molecule has 0 radical (unpaired) electrons. The van der Waals surface area contributed by atoms with Gasteiger partial charge in [-0.3, -0.25) is 0 Å². The van der Waals surface area contributed by atoms with Gasteiger partial charge in [-0.2, -0.15) is 5.26 Å². The Morgan fingerprint density at radius 1 is 1.12 bits per heavy atom. The molecule has 0 bridgehead atoms. The van der Waals surface area contributed by atoms with Gasteiger partial charge in [-0.05, 0) is 65.5 Å². The lowest BCUT2D eigenvalue weighted by Crippen LogP contribution is -2.57. The van der Waals surface area contributed by atoms with Crippen molar-refractivity contribution in [3.05, 3.63) is 59.2 Å². The van der Waals surface area contributed by atoms with Gasteiger partial charge in [0, 0.05) is 5.92 Å². The summed E-state index contributed by atoms with van der Waals surface area (Å²) in [5, 5.41) is 10.0. The predicted molar refractivity (Wildman–Crippen MR) is 127 cm³/mol. The molecule has 0 aromatic heterocycles. The first-order chi connectivity index (χ1) is 15.1. The molecule has 4 rings (SSSR count). The Morgan fingerprint density at radius 2 is 1.81 bits per heavy atom. The number of benzene rings is 2. The molecule has 0 saturated heterocycles. The summed E-state index contributed by atoms with van der Waals surface area (Å²) in [6.07, 6.45) is 2.92. The van der Waals surface area contributed by atoms with Crippen molar-refractivity contribution >= 4 is 9.84 Å². The SMILES string of the molecule is COc1cc2c(cc1C(C)C)C[C@@H](S(=O)(=O)c1ccccc1)[C@@H]1C(C)(C)CCC[C@@]21C#N. The molecule has 1 saturated carbocycles. The van der Waals surface area contributed by atoms with E-state index in [0.29, 0.717) is 17.7 Å². The summed E-state index contributed by atoms with van der Waals surface area (Å²) in [5.74, 6) is 0.735. The molecule has 1 fully saturated rings. The van der Waals surface area contributed by atoms with E-state index in [-0.39, 0.29) is 17.3 Å². The van der Waals surface area contributed by atoms with Crippen LogP contribution in [0.25, 0.3) is 0 Å². The summed E-state index contributed by atoms with van der Waals surface area (Å²) in [6.45, 7) is 8.50. The highest BCUT2D eigenvalue weighted by Gasteiger charge is 2.60. The fourth-order valence-electron chi connectivity index (χ4n) is 6.37. The Hall–Kier alpha value is -2.32. The van der Waals surface area contributed by atoms with Crippen LogP contribution in [-0.2, 0) is 21.7 Å². The molecule has 2 aliphatic rings. The zero-order valence-corrected chi connectivity index (χ0v) is 20.5. The predicted octanol–water partition coefficient (Wildman–Crippen LogP) is 5.80. The maximum Gasteiger partial charge on any atom is 0.181 e. The molecule has 0 heterocycles. The summed E-state index contributed by atoms with van der Waals surface area (Å²) >= 11 is 0. The van der Waals surface area contributed by atoms with Crippen LogP contribution in [0.5, 0.6) is 5.75 Å². The molecular weight excluding hydrogens is 418 g/mol. The van der Waals surface area contributed by atoms with Gasteiger partial charge < -0.3 is 4.74 Å². The molecule has 2 aromatic rings. The van der Waals surface area contributed by atoms with E-state index in [2.05, 4.69) is 39.8 Å². The molecule has 0 amide bonds. The molecule has 2 aliphatic carbocycles. The number of hydrogen-bond acceptors (Lipinski definition) is 4. The largest absolute Gasteiger partial charge is 0.496 e. The fraction of sp³-hybridized carbons (Fsp3) is 0.519. The van der Waals surface area contributed by atoms with Gasteiger partial charge >= 0.3 is 0 Å². The van der Waals surface area contributed by atoms with E-state index < -0.39 is 20.5 Å². The maximum atomic E-state index is 14.0. The second-order valence-electron chi connectivity index (χ2n) is 10.4. The van der Waals surface area contributed by atoms with E-state index in [4.69, 9.17) is 4.74 Å². The zero-order valence-electron chi connectivity index (χ0n) is 19.7. The van der Waals surface area contributed by atoms with E-state index >= 15 is 0 Å². The summed E-state index contributed by atoms with van der Waals surface area (Å²) < 4.78 is 33.7. The molecule has 0 N–H and O–H groups in total. The first-order valence-electron chi connectivity index (χ1n) is 11.5. The lowest BCUT2D eigenvalue weighted by molar-refractivity contribution is 0.0637. The van der Waals surface area contributed by atoms with Crippen molar-refractivity contribution in [2.45, 2.75) is 74.9 Å². The van der Waals surface area contributed by atoms with E-state index in [1.165, 1.54) is 0 Å². The Balaban J connectivity index is 2.01. The molecule has 32 heavy (non-hydrogen) atoms. The molecule has 5 heteroatoms. The van der Waals surface area contributed by atoms with Crippen LogP contribution in [0.15, 0.2) is 47.4 Å². The van der Waals surface area contributed by atoms with Crippen LogP contribution in [0, 0.1) is 22.7 Å². The molecule has 3 atom stereocenters. The van der Waals surface area contributed by atoms with Crippen molar-refractivity contribution in [1.29, 1.82) is 5.26 Å². The molecule has 170 valence electrons. The quantitative estimate of drug-likeness (QED) is 0.589. The molecule has 0 spiro atoms. The van der Waals surface area contributed by atoms with Crippen LogP contribution in [0.4, 0.5) is 0 Å². The fourth-order valence-corrected chi connectivity index (χ4v) is 8.62. The molecular formula is C27H33NO3S. The van der Waals surface area contributed by atoms with Gasteiger partial charge in [0.2, 0.25) is 0 Å². The molecule has 0 aliphatic heterocycles. The van der Waals surface area contributed by atoms with Crippen molar-refractivity contribution in [1.82, 2.24) is 0 Å². The van der Waals surface area contributed by atoms with Crippen LogP contribution < -0.4 is 4.74 Å². The standard InChI is InChI=1S/C27H33NO3S/c1-18(2)21-14-19-15-24(32(29,30)20-10-7-6-8-11-20)25-26(3,4)12-9-13-27(25,17-28)22(19)16-23(21)31-5/h6-8,10-11,14,16,18,24-25H,9,12-13,15H2,1-5H3/t24-,25-,27-/m1/s1. The van der Waals surface area contributed by atoms with Gasteiger partial charge in [-0.15, -0.1) is 0 Å². The van der Waals surface area contributed by atoms with E-state index in [9.17, 15) is 13.7 Å². The van der Waals surface area contributed by atoms with Gasteiger partial charge in [-0.25, -0.2) is 8.42 Å². The van der Waals surface area contributed by atoms with Crippen molar-refractivity contribution in [2.24, 2.45) is 11.3 Å². The number of ether oxygens (including phenoxy) is 1. The number of nitriles is 1. The molecule has 0 unspecified atom stereocenters. The highest BCUT2D eigenvalue weighted by molar-refractivity contribution is 7.92. The highest BCUT2D eigenvalue weighted by atomic mass is 32.2. The summed E-state index contributed by atoms with van der Waals surface area (Å²) in [6, 6.07) is 15.5. The molecule has 2 aromatic carbocycles. The van der Waals surface area contributed by atoms with Crippen LogP contribution in [0.2, 0.25) is 0 Å². The third kappa shape index (κ3) is 3.35. The van der Waals surface area contributed by atoms with Gasteiger partial charge in [-0.1, -0.05) is 58.4 Å². The highest BCUT2D eigenvalue weighted by Crippen LogP contribution is 2.59. The lowest BCUT2D eigenvalue weighted by atomic mass is 9.50. The minimum Gasteiger partial charge on any atom is -0.496 e. The topological polar surface area (TPSA) is 67.2 Å². The van der Waals surface area contributed by atoms with Crippen molar-refractivity contribution < 1.29 is 13.2 Å². The average Bonchev–Trinajstić information content (AvgIpc) is 2.77. The number of methoxy groups -OCH3 is 1. The summed E-state index contributed by atoms with van der Waals surface area (Å²) in [7, 11) is -1.96. The van der Waals surface area contributed by atoms with Gasteiger partial charge in [0.25, 0.3) is 0 Å². The Kier molecular flexibility index (Phi) is 5.66. The summed E-state index contributed by atoms with van der Waals surface area (Å²) in [4.78, 5) is 0.347. The smallest absolute Gasteiger partial charge is 0.181 e. The third-order valence-electron chi connectivity index (χ3n) is 7.79. The van der Waals surface area contributed by atoms with Crippen molar-refractivity contribution in [3.63, 3.8) is 0 Å². The Morgan fingerprint density at radius 3 is 2.41 bits per heavy atom. The summed E-state index contributed by atoms with van der Waals surface area (Å²) in [5.41, 5.74) is 1.89. The normalized spacial score (nSPS) is 26.7. The van der Waals surface area contributed by atoms with Crippen LogP contribution in [0.3, 0.4) is 0 Å². The number of fused-ring (bicyclic) bond motifs is 3. The zero-order chi connectivity index (χ0) is 23.3. The number of nitrogens with zero attached hydrogens (tertiary/aromatic N) is 1. The van der Waals surface area contributed by atoms with Crippen molar-refractivity contribution in [2.75, 3.05) is 7.11 Å². The minimum atomic E-state index is -3.63. The van der Waals surface area contributed by atoms with Gasteiger partial charge in [0.1, 0.15) is 5.75 Å². The average molecular weight is 452 g/mol. The van der Waals surface area contributed by atoms with Crippen LogP contribution in [0.1, 0.15) is 69.6 Å². The van der Waals surface area contributed by atoms with Gasteiger partial charge in [0.05, 0.1) is 28.7 Å². The second-order valence-corrected chi connectivity index (χ2v) is 12.6. The maximum absolute atomic E-state index is 14.0. The Bertz CT molecular complexity index is 1160. The first-order valence-corrected chi connectivity index (χ1v) is 13.0. The lowest BCUT2D eigenvalue weighted by Gasteiger charge is -2.55. The van der Waals surface area contributed by atoms with E-state index in [0.717, 1.165) is 35.3 Å². The third-order valence-corrected chi connectivity index (χ3v) is 9.95. The number of sulfone groups is 1. The monoisotopic (exact) mass is 451 g/mol.